The van der Waals surface area contributed by atoms with Gasteiger partial charge in [0.2, 0.25) is 5.91 Å². The number of aryl methyl sites for hydroxylation is 4. The number of carbonyl (C=O) groups excluding carboxylic acids is 1. The zero-order chi connectivity index (χ0) is 19.2. The molecule has 3 aromatic rings. The van der Waals surface area contributed by atoms with Gasteiger partial charge in [-0.05, 0) is 37.5 Å². The van der Waals surface area contributed by atoms with Crippen molar-refractivity contribution in [2.24, 2.45) is 0 Å². The smallest absolute Gasteiger partial charge is 0.329 e. The van der Waals surface area contributed by atoms with Gasteiger partial charge in [0.1, 0.15) is 0 Å². The molecule has 0 spiro atoms. The van der Waals surface area contributed by atoms with E-state index < -0.39 is 0 Å². The molecule has 0 aliphatic rings. The lowest BCUT2D eigenvalue weighted by Crippen LogP contribution is -2.29. The molecule has 0 bridgehead atoms. The molecule has 3 rings (SSSR count). The number of aromatic nitrogens is 4. The molecule has 2 heterocycles. The highest BCUT2D eigenvalue weighted by molar-refractivity contribution is 5.77. The molecule has 0 aliphatic heterocycles. The number of amides is 1. The maximum Gasteiger partial charge on any atom is 0.329 e. The molecular weight excluding hydrogens is 342 g/mol. The quantitative estimate of drug-likeness (QED) is 0.588. The van der Waals surface area contributed by atoms with Crippen molar-refractivity contribution in [3.8, 4) is 0 Å². The molecule has 0 saturated carbocycles. The van der Waals surface area contributed by atoms with Crippen LogP contribution in [0.3, 0.4) is 0 Å². The molecule has 2 aromatic heterocycles. The highest BCUT2D eigenvalue weighted by atomic mass is 16.2. The number of rotatable bonds is 9. The van der Waals surface area contributed by atoms with Crippen LogP contribution >= 0.6 is 0 Å². The van der Waals surface area contributed by atoms with Gasteiger partial charge in [-0.2, -0.15) is 5.10 Å². The fourth-order valence-electron chi connectivity index (χ4n) is 3.29. The Kier molecular flexibility index (Phi) is 6.11. The van der Waals surface area contributed by atoms with Gasteiger partial charge in [0.15, 0.2) is 0 Å². The van der Waals surface area contributed by atoms with Crippen LogP contribution in [-0.4, -0.2) is 31.4 Å². The Bertz CT molecular complexity index is 966. The maximum atomic E-state index is 12.7. The van der Waals surface area contributed by atoms with E-state index in [2.05, 4.69) is 17.3 Å². The SMILES string of the molecule is CCCn1c(=O)n(CCC(=O)NCCCn2cc(C)cn2)c2ccccc21. The molecule has 0 atom stereocenters. The molecule has 1 N–H and O–H groups in total. The van der Waals surface area contributed by atoms with Crippen molar-refractivity contribution in [3.05, 3.63) is 52.7 Å². The van der Waals surface area contributed by atoms with E-state index in [9.17, 15) is 9.59 Å². The van der Waals surface area contributed by atoms with Crippen molar-refractivity contribution < 1.29 is 4.79 Å². The Morgan fingerprint density at radius 3 is 2.44 bits per heavy atom. The molecule has 1 amide bonds. The van der Waals surface area contributed by atoms with Gasteiger partial charge < -0.3 is 5.32 Å². The molecule has 0 saturated heterocycles. The summed E-state index contributed by atoms with van der Waals surface area (Å²) < 4.78 is 5.38. The molecule has 7 heteroatoms. The molecule has 27 heavy (non-hydrogen) atoms. The Morgan fingerprint density at radius 1 is 1.11 bits per heavy atom. The van der Waals surface area contributed by atoms with Crippen LogP contribution in [0.15, 0.2) is 41.5 Å². The third-order valence-electron chi connectivity index (χ3n) is 4.58. The Hall–Kier alpha value is -2.83. The van der Waals surface area contributed by atoms with Crippen LogP contribution in [0.5, 0.6) is 0 Å². The molecule has 0 fully saturated rings. The number of hydrogen-bond acceptors (Lipinski definition) is 3. The number of imidazole rings is 1. The average molecular weight is 369 g/mol. The van der Waals surface area contributed by atoms with Gasteiger partial charge in [-0.1, -0.05) is 19.1 Å². The predicted octanol–water partition coefficient (Wildman–Crippen LogP) is 2.31. The molecular formula is C20H27N5O2. The van der Waals surface area contributed by atoms with Gasteiger partial charge in [-0.15, -0.1) is 0 Å². The van der Waals surface area contributed by atoms with Crippen LogP contribution in [0, 0.1) is 6.92 Å². The zero-order valence-electron chi connectivity index (χ0n) is 16.0. The highest BCUT2D eigenvalue weighted by Gasteiger charge is 2.13. The summed E-state index contributed by atoms with van der Waals surface area (Å²) in [5.74, 6) is -0.0362. The van der Waals surface area contributed by atoms with Crippen LogP contribution in [-0.2, 0) is 24.4 Å². The predicted molar refractivity (Wildman–Crippen MR) is 106 cm³/mol. The lowest BCUT2D eigenvalue weighted by Gasteiger charge is -2.06. The fraction of sp³-hybridized carbons (Fsp3) is 0.450. The average Bonchev–Trinajstić information content (AvgIpc) is 3.19. The zero-order valence-corrected chi connectivity index (χ0v) is 16.0. The van der Waals surface area contributed by atoms with Crippen molar-refractivity contribution >= 4 is 16.9 Å². The number of hydrogen-bond donors (Lipinski definition) is 1. The van der Waals surface area contributed by atoms with Crippen LogP contribution in [0.1, 0.15) is 31.7 Å². The molecule has 7 nitrogen and oxygen atoms in total. The third kappa shape index (κ3) is 4.48. The largest absolute Gasteiger partial charge is 0.356 e. The number of nitrogens with one attached hydrogen (secondary N) is 1. The second-order valence-electron chi connectivity index (χ2n) is 6.81. The summed E-state index contributed by atoms with van der Waals surface area (Å²) in [7, 11) is 0. The first-order valence-electron chi connectivity index (χ1n) is 9.54. The van der Waals surface area contributed by atoms with E-state index in [1.54, 1.807) is 9.13 Å². The van der Waals surface area contributed by atoms with Crippen LogP contribution < -0.4 is 11.0 Å². The van der Waals surface area contributed by atoms with Gasteiger partial charge in [-0.25, -0.2) is 4.79 Å². The van der Waals surface area contributed by atoms with E-state index in [-0.39, 0.29) is 11.6 Å². The maximum absolute atomic E-state index is 12.7. The summed E-state index contributed by atoms with van der Waals surface area (Å²) in [5.41, 5.74) is 2.91. The topological polar surface area (TPSA) is 73.8 Å². The van der Waals surface area contributed by atoms with Crippen LogP contribution in [0.2, 0.25) is 0 Å². The fourth-order valence-corrected chi connectivity index (χ4v) is 3.29. The standard InChI is InChI=1S/C20H27N5O2/c1-3-11-24-17-7-4-5-8-18(17)25(20(24)27)13-9-19(26)21-10-6-12-23-15-16(2)14-22-23/h4-5,7-8,14-15H,3,6,9-13H2,1-2H3,(H,21,26). The van der Waals surface area contributed by atoms with Crippen molar-refractivity contribution in [2.75, 3.05) is 6.54 Å². The Morgan fingerprint density at radius 2 is 1.81 bits per heavy atom. The summed E-state index contributed by atoms with van der Waals surface area (Å²) in [6.07, 6.45) is 5.82. The van der Waals surface area contributed by atoms with Crippen LogP contribution in [0.4, 0.5) is 0 Å². The summed E-state index contributed by atoms with van der Waals surface area (Å²) in [4.78, 5) is 24.9. The third-order valence-corrected chi connectivity index (χ3v) is 4.58. The monoisotopic (exact) mass is 369 g/mol. The number of carbonyl (C=O) groups is 1. The van der Waals surface area contributed by atoms with Gasteiger partial charge in [0.05, 0.1) is 17.2 Å². The minimum absolute atomic E-state index is 0.0362. The summed E-state index contributed by atoms with van der Waals surface area (Å²) in [6.45, 7) is 6.51. The van der Waals surface area contributed by atoms with Gasteiger partial charge in [-0.3, -0.25) is 18.6 Å². The first-order chi connectivity index (χ1) is 13.1. The Balaban J connectivity index is 1.54. The number of para-hydroxylation sites is 2. The van der Waals surface area contributed by atoms with E-state index in [1.807, 2.05) is 48.3 Å². The number of nitrogens with zero attached hydrogens (tertiary/aromatic N) is 4. The summed E-state index contributed by atoms with van der Waals surface area (Å²) in [5, 5.41) is 7.16. The van der Waals surface area contributed by atoms with Gasteiger partial charge in [0, 0.05) is 38.8 Å². The highest BCUT2D eigenvalue weighted by Crippen LogP contribution is 2.13. The van der Waals surface area contributed by atoms with E-state index in [4.69, 9.17) is 0 Å². The lowest BCUT2D eigenvalue weighted by atomic mass is 10.3. The van der Waals surface area contributed by atoms with E-state index in [1.165, 1.54) is 0 Å². The minimum atomic E-state index is -0.0418. The first-order valence-corrected chi connectivity index (χ1v) is 9.54. The van der Waals surface area contributed by atoms with Crippen LogP contribution in [0.25, 0.3) is 11.0 Å². The van der Waals surface area contributed by atoms with E-state index >= 15 is 0 Å². The summed E-state index contributed by atoms with van der Waals surface area (Å²) >= 11 is 0. The van der Waals surface area contributed by atoms with Crippen molar-refractivity contribution in [1.82, 2.24) is 24.2 Å². The molecule has 1 aromatic carbocycles. The van der Waals surface area contributed by atoms with Gasteiger partial charge in [0.25, 0.3) is 0 Å². The molecule has 0 aliphatic carbocycles. The lowest BCUT2D eigenvalue weighted by molar-refractivity contribution is -0.121. The second-order valence-corrected chi connectivity index (χ2v) is 6.81. The Labute approximate surface area is 158 Å². The second kappa shape index (κ2) is 8.70. The number of benzene rings is 1. The molecule has 0 radical (unpaired) electrons. The molecule has 0 unspecified atom stereocenters. The summed E-state index contributed by atoms with van der Waals surface area (Å²) in [6, 6.07) is 7.75. The van der Waals surface area contributed by atoms with E-state index in [0.717, 1.165) is 36.0 Å². The van der Waals surface area contributed by atoms with Gasteiger partial charge >= 0.3 is 5.69 Å². The normalized spacial score (nSPS) is 11.2. The van der Waals surface area contributed by atoms with E-state index in [0.29, 0.717) is 26.1 Å². The minimum Gasteiger partial charge on any atom is -0.356 e. The van der Waals surface area contributed by atoms with Crippen molar-refractivity contribution in [1.29, 1.82) is 0 Å². The number of fused-ring (bicyclic) bond motifs is 1. The first kappa shape index (κ1) is 18.9. The molecule has 144 valence electrons. The van der Waals surface area contributed by atoms with Crippen molar-refractivity contribution in [3.63, 3.8) is 0 Å². The van der Waals surface area contributed by atoms with Crippen molar-refractivity contribution in [2.45, 2.75) is 52.7 Å².